The molecular formula is C16H15ClFN3O. The third-order valence-electron chi connectivity index (χ3n) is 3.89. The molecule has 1 heterocycles. The van der Waals surface area contributed by atoms with Gasteiger partial charge in [0.15, 0.2) is 5.78 Å². The summed E-state index contributed by atoms with van der Waals surface area (Å²) in [6.07, 6.45) is 3.27. The van der Waals surface area contributed by atoms with E-state index in [9.17, 15) is 9.18 Å². The molecule has 22 heavy (non-hydrogen) atoms. The van der Waals surface area contributed by atoms with Gasteiger partial charge in [-0.3, -0.25) is 4.79 Å². The number of carbonyl (C=O) groups is 1. The molecule has 3 rings (SSSR count). The molecule has 0 aliphatic heterocycles. The lowest BCUT2D eigenvalue weighted by Gasteiger charge is -2.15. The Bertz CT molecular complexity index is 729. The largest absolute Gasteiger partial charge is 0.384 e. The molecule has 1 saturated carbocycles. The Balaban J connectivity index is 2.03. The number of nitrogens with two attached hydrogens (primary N) is 2. The van der Waals surface area contributed by atoms with Crippen molar-refractivity contribution in [2.24, 2.45) is 11.7 Å². The molecule has 6 heteroatoms. The van der Waals surface area contributed by atoms with Crippen molar-refractivity contribution in [3.8, 4) is 0 Å². The monoisotopic (exact) mass is 319 g/mol. The fourth-order valence-electron chi connectivity index (χ4n) is 2.43. The summed E-state index contributed by atoms with van der Waals surface area (Å²) < 4.78 is 14.8. The Kier molecular flexibility index (Phi) is 3.85. The van der Waals surface area contributed by atoms with E-state index in [1.54, 1.807) is 6.07 Å². The first-order chi connectivity index (χ1) is 10.5. The summed E-state index contributed by atoms with van der Waals surface area (Å²) in [6.45, 7) is 0. The summed E-state index contributed by atoms with van der Waals surface area (Å²) in [6, 6.07) is 5.64. The van der Waals surface area contributed by atoms with Crippen LogP contribution < -0.4 is 11.5 Å². The molecule has 114 valence electrons. The molecule has 1 fully saturated rings. The van der Waals surface area contributed by atoms with Crippen LogP contribution in [-0.4, -0.2) is 10.8 Å². The van der Waals surface area contributed by atoms with Gasteiger partial charge in [-0.25, -0.2) is 9.37 Å². The summed E-state index contributed by atoms with van der Waals surface area (Å²) >= 11 is 6.03. The Morgan fingerprint density at radius 3 is 2.64 bits per heavy atom. The molecule has 2 aromatic rings. The molecule has 0 radical (unpaired) electrons. The molecule has 0 bridgehead atoms. The number of hydrogen-bond donors (Lipinski definition) is 2. The molecule has 4 nitrogen and oxygen atoms in total. The van der Waals surface area contributed by atoms with Crippen molar-refractivity contribution < 1.29 is 9.18 Å². The van der Waals surface area contributed by atoms with Gasteiger partial charge in [0.25, 0.3) is 0 Å². The van der Waals surface area contributed by atoms with E-state index in [4.69, 9.17) is 23.1 Å². The lowest BCUT2D eigenvalue weighted by Crippen LogP contribution is -2.17. The van der Waals surface area contributed by atoms with E-state index in [1.807, 2.05) is 0 Å². The van der Waals surface area contributed by atoms with Gasteiger partial charge in [0.1, 0.15) is 11.6 Å². The smallest absolute Gasteiger partial charge is 0.199 e. The van der Waals surface area contributed by atoms with Gasteiger partial charge in [-0.15, -0.1) is 0 Å². The highest BCUT2D eigenvalue weighted by atomic mass is 35.5. The first-order valence-corrected chi connectivity index (χ1v) is 7.36. The summed E-state index contributed by atoms with van der Waals surface area (Å²) in [5.74, 6) is -0.613. The highest BCUT2D eigenvalue weighted by molar-refractivity contribution is 6.35. The second kappa shape index (κ2) is 5.66. The van der Waals surface area contributed by atoms with Crippen molar-refractivity contribution in [2.45, 2.75) is 18.9 Å². The second-order valence-corrected chi connectivity index (χ2v) is 5.90. The number of aromatic nitrogens is 1. The van der Waals surface area contributed by atoms with Crippen molar-refractivity contribution in [1.29, 1.82) is 0 Å². The van der Waals surface area contributed by atoms with E-state index in [0.717, 1.165) is 12.8 Å². The Hall–Kier alpha value is -1.98. The fourth-order valence-corrected chi connectivity index (χ4v) is 2.66. The van der Waals surface area contributed by atoms with Crippen LogP contribution in [-0.2, 0) is 0 Å². The molecule has 1 atom stereocenters. The fraction of sp³-hybridized carbons (Fsp3) is 0.250. The van der Waals surface area contributed by atoms with Crippen LogP contribution in [0.1, 0.15) is 40.4 Å². The minimum atomic E-state index is -0.645. The highest BCUT2D eigenvalue weighted by Crippen LogP contribution is 2.41. The van der Waals surface area contributed by atoms with Gasteiger partial charge in [-0.05, 0) is 37.0 Å². The van der Waals surface area contributed by atoms with Crippen LogP contribution in [0.3, 0.4) is 0 Å². The van der Waals surface area contributed by atoms with Gasteiger partial charge >= 0.3 is 0 Å². The minimum absolute atomic E-state index is 0.0612. The molecular weight excluding hydrogens is 305 g/mol. The Morgan fingerprint density at radius 2 is 2.05 bits per heavy atom. The molecule has 4 N–H and O–H groups in total. The Morgan fingerprint density at radius 1 is 1.32 bits per heavy atom. The van der Waals surface area contributed by atoms with Crippen LogP contribution in [0, 0.1) is 11.7 Å². The molecule has 1 aliphatic rings. The van der Waals surface area contributed by atoms with E-state index < -0.39 is 17.6 Å². The van der Waals surface area contributed by atoms with Gasteiger partial charge < -0.3 is 11.5 Å². The summed E-state index contributed by atoms with van der Waals surface area (Å²) in [4.78, 5) is 16.4. The van der Waals surface area contributed by atoms with Crippen molar-refractivity contribution in [1.82, 2.24) is 4.98 Å². The van der Waals surface area contributed by atoms with E-state index >= 15 is 0 Å². The van der Waals surface area contributed by atoms with Crippen molar-refractivity contribution >= 4 is 23.2 Å². The van der Waals surface area contributed by atoms with Crippen LogP contribution in [0.25, 0.3) is 0 Å². The van der Waals surface area contributed by atoms with Crippen molar-refractivity contribution in [2.75, 3.05) is 5.73 Å². The van der Waals surface area contributed by atoms with E-state index in [1.165, 1.54) is 24.4 Å². The summed E-state index contributed by atoms with van der Waals surface area (Å²) in [5, 5.41) is 0.0612. The molecule has 0 amide bonds. The van der Waals surface area contributed by atoms with E-state index in [0.29, 0.717) is 5.56 Å². The zero-order chi connectivity index (χ0) is 15.9. The SMILES string of the molecule is Nc1ccc(C(=O)c2c(Cl)ccc(C(N)C3CC3)c2F)cn1. The maximum absolute atomic E-state index is 14.8. The molecule has 1 aromatic heterocycles. The quantitative estimate of drug-likeness (QED) is 0.848. The first kappa shape index (κ1) is 14.9. The number of benzene rings is 1. The van der Waals surface area contributed by atoms with Crippen molar-refractivity contribution in [3.63, 3.8) is 0 Å². The number of nitrogens with zero attached hydrogens (tertiary/aromatic N) is 1. The number of anilines is 1. The van der Waals surface area contributed by atoms with Crippen LogP contribution in [0.4, 0.5) is 10.2 Å². The predicted octanol–water partition coefficient (Wildman–Crippen LogP) is 3.10. The first-order valence-electron chi connectivity index (χ1n) is 6.98. The number of ketones is 1. The highest BCUT2D eigenvalue weighted by Gasteiger charge is 2.33. The molecule has 1 unspecified atom stereocenters. The van der Waals surface area contributed by atoms with Crippen LogP contribution in [0.5, 0.6) is 0 Å². The van der Waals surface area contributed by atoms with Gasteiger partial charge in [0.2, 0.25) is 0 Å². The average molecular weight is 320 g/mol. The van der Waals surface area contributed by atoms with E-state index in [-0.39, 0.29) is 27.9 Å². The zero-order valence-electron chi connectivity index (χ0n) is 11.7. The maximum atomic E-state index is 14.8. The standard InChI is InChI=1S/C16H15ClFN3O/c17-11-5-4-10(15(20)8-1-2-8)14(18)13(11)16(22)9-3-6-12(19)21-7-9/h3-8,15H,1-2,20H2,(H2,19,21). The number of rotatable bonds is 4. The molecule has 0 spiro atoms. The summed E-state index contributed by atoms with van der Waals surface area (Å²) in [7, 11) is 0. The maximum Gasteiger partial charge on any atom is 0.199 e. The van der Waals surface area contributed by atoms with Crippen LogP contribution >= 0.6 is 11.6 Å². The van der Waals surface area contributed by atoms with Crippen LogP contribution in [0.15, 0.2) is 30.5 Å². The van der Waals surface area contributed by atoms with Gasteiger partial charge in [0.05, 0.1) is 10.6 Å². The van der Waals surface area contributed by atoms with Gasteiger partial charge in [-0.2, -0.15) is 0 Å². The normalized spacial score (nSPS) is 15.6. The Labute approximate surface area is 132 Å². The number of nitrogen functional groups attached to an aromatic ring is 1. The third kappa shape index (κ3) is 2.69. The lowest BCUT2D eigenvalue weighted by molar-refractivity contribution is 0.103. The minimum Gasteiger partial charge on any atom is -0.384 e. The number of halogens is 2. The third-order valence-corrected chi connectivity index (χ3v) is 4.20. The molecule has 1 aromatic carbocycles. The summed E-state index contributed by atoms with van der Waals surface area (Å²) in [5.41, 5.74) is 11.9. The topological polar surface area (TPSA) is 82.0 Å². The number of pyridine rings is 1. The molecule has 0 saturated heterocycles. The lowest BCUT2D eigenvalue weighted by atomic mass is 9.96. The number of hydrogen-bond acceptors (Lipinski definition) is 4. The second-order valence-electron chi connectivity index (χ2n) is 5.49. The average Bonchev–Trinajstić information content (AvgIpc) is 3.32. The van der Waals surface area contributed by atoms with Gasteiger partial charge in [0, 0.05) is 23.4 Å². The van der Waals surface area contributed by atoms with E-state index in [2.05, 4.69) is 4.98 Å². The molecule has 1 aliphatic carbocycles. The predicted molar refractivity (Wildman–Crippen MR) is 83.1 cm³/mol. The number of carbonyl (C=O) groups excluding carboxylic acids is 1. The van der Waals surface area contributed by atoms with Crippen molar-refractivity contribution in [3.05, 3.63) is 58.0 Å². The van der Waals surface area contributed by atoms with Gasteiger partial charge in [-0.1, -0.05) is 17.7 Å². The van der Waals surface area contributed by atoms with Crippen LogP contribution in [0.2, 0.25) is 5.02 Å². The zero-order valence-corrected chi connectivity index (χ0v) is 12.5.